The molecule has 0 aromatic rings. The SMILES string of the molecule is C=CC(C)(CCCOC)CNC(C)(C)C. The molecule has 1 unspecified atom stereocenters. The van der Waals surface area contributed by atoms with Gasteiger partial charge in [-0.2, -0.15) is 0 Å². The molecule has 0 amide bonds. The number of ether oxygens (including phenoxy) is 1. The Balaban J connectivity index is 4.01. The van der Waals surface area contributed by atoms with Crippen LogP contribution in [0.15, 0.2) is 12.7 Å². The minimum Gasteiger partial charge on any atom is -0.385 e. The maximum atomic E-state index is 5.07. The van der Waals surface area contributed by atoms with E-state index in [1.807, 2.05) is 0 Å². The van der Waals surface area contributed by atoms with Gasteiger partial charge in [0.1, 0.15) is 0 Å². The lowest BCUT2D eigenvalue weighted by molar-refractivity contribution is 0.178. The largest absolute Gasteiger partial charge is 0.385 e. The van der Waals surface area contributed by atoms with E-state index >= 15 is 0 Å². The molecule has 0 aliphatic carbocycles. The van der Waals surface area contributed by atoms with Gasteiger partial charge in [0.15, 0.2) is 0 Å². The monoisotopic (exact) mass is 213 g/mol. The fourth-order valence-electron chi connectivity index (χ4n) is 1.35. The molecule has 0 saturated carbocycles. The zero-order valence-electron chi connectivity index (χ0n) is 11.0. The molecule has 2 nitrogen and oxygen atoms in total. The third kappa shape index (κ3) is 7.57. The molecule has 0 rings (SSSR count). The van der Waals surface area contributed by atoms with Crippen LogP contribution in [0.1, 0.15) is 40.5 Å². The smallest absolute Gasteiger partial charge is 0.0462 e. The Morgan fingerprint density at radius 2 is 1.87 bits per heavy atom. The zero-order chi connectivity index (χ0) is 11.9. The van der Waals surface area contributed by atoms with Crippen molar-refractivity contribution in [3.63, 3.8) is 0 Å². The summed E-state index contributed by atoms with van der Waals surface area (Å²) < 4.78 is 5.07. The molecule has 1 atom stereocenters. The van der Waals surface area contributed by atoms with E-state index in [0.29, 0.717) is 0 Å². The molecule has 0 aliphatic heterocycles. The van der Waals surface area contributed by atoms with Crippen LogP contribution < -0.4 is 5.32 Å². The molecule has 0 aromatic carbocycles. The van der Waals surface area contributed by atoms with Crippen molar-refractivity contribution >= 4 is 0 Å². The Labute approximate surface area is 95.1 Å². The first-order chi connectivity index (χ1) is 6.83. The molecule has 0 saturated heterocycles. The topological polar surface area (TPSA) is 21.3 Å². The van der Waals surface area contributed by atoms with Crippen LogP contribution in [0.25, 0.3) is 0 Å². The predicted molar refractivity (Wildman–Crippen MR) is 67.2 cm³/mol. The highest BCUT2D eigenvalue weighted by atomic mass is 16.5. The Kier molecular flexibility index (Phi) is 6.15. The summed E-state index contributed by atoms with van der Waals surface area (Å²) in [6.07, 6.45) is 4.26. The summed E-state index contributed by atoms with van der Waals surface area (Å²) in [4.78, 5) is 0. The van der Waals surface area contributed by atoms with Gasteiger partial charge >= 0.3 is 0 Å². The van der Waals surface area contributed by atoms with Crippen LogP contribution in [0.4, 0.5) is 0 Å². The lowest BCUT2D eigenvalue weighted by Gasteiger charge is -2.31. The maximum Gasteiger partial charge on any atom is 0.0462 e. The molecular weight excluding hydrogens is 186 g/mol. The van der Waals surface area contributed by atoms with Crippen molar-refractivity contribution in [1.82, 2.24) is 5.32 Å². The first kappa shape index (κ1) is 14.7. The van der Waals surface area contributed by atoms with Gasteiger partial charge in [0.05, 0.1) is 0 Å². The van der Waals surface area contributed by atoms with E-state index in [2.05, 4.69) is 45.7 Å². The van der Waals surface area contributed by atoms with E-state index in [-0.39, 0.29) is 11.0 Å². The molecule has 1 N–H and O–H groups in total. The second-order valence-electron chi connectivity index (χ2n) is 5.56. The lowest BCUT2D eigenvalue weighted by Crippen LogP contribution is -2.42. The Bertz CT molecular complexity index is 183. The summed E-state index contributed by atoms with van der Waals surface area (Å²) >= 11 is 0. The van der Waals surface area contributed by atoms with Crippen LogP contribution in [0.3, 0.4) is 0 Å². The third-order valence-electron chi connectivity index (χ3n) is 2.61. The van der Waals surface area contributed by atoms with Gasteiger partial charge in [-0.3, -0.25) is 0 Å². The van der Waals surface area contributed by atoms with Gasteiger partial charge in [-0.15, -0.1) is 6.58 Å². The van der Waals surface area contributed by atoms with Crippen molar-refractivity contribution in [1.29, 1.82) is 0 Å². The van der Waals surface area contributed by atoms with Crippen molar-refractivity contribution in [3.05, 3.63) is 12.7 Å². The highest BCUT2D eigenvalue weighted by Crippen LogP contribution is 2.24. The normalized spacial score (nSPS) is 16.1. The molecule has 15 heavy (non-hydrogen) atoms. The van der Waals surface area contributed by atoms with Gasteiger partial charge in [0.25, 0.3) is 0 Å². The minimum absolute atomic E-state index is 0.172. The molecule has 0 radical (unpaired) electrons. The van der Waals surface area contributed by atoms with Crippen LogP contribution in [0.5, 0.6) is 0 Å². The van der Waals surface area contributed by atoms with Crippen LogP contribution in [-0.2, 0) is 4.74 Å². The minimum atomic E-state index is 0.172. The number of hydrogen-bond acceptors (Lipinski definition) is 2. The van der Waals surface area contributed by atoms with Gasteiger partial charge in [0.2, 0.25) is 0 Å². The summed E-state index contributed by atoms with van der Waals surface area (Å²) in [6.45, 7) is 14.5. The number of nitrogens with one attached hydrogen (secondary N) is 1. The lowest BCUT2D eigenvalue weighted by atomic mass is 9.85. The highest BCUT2D eigenvalue weighted by molar-refractivity contribution is 4.94. The number of rotatable bonds is 7. The van der Waals surface area contributed by atoms with Crippen LogP contribution in [0, 0.1) is 5.41 Å². The molecule has 0 fully saturated rings. The fraction of sp³-hybridized carbons (Fsp3) is 0.846. The van der Waals surface area contributed by atoms with E-state index in [9.17, 15) is 0 Å². The zero-order valence-corrected chi connectivity index (χ0v) is 11.0. The standard InChI is InChI=1S/C13H27NO/c1-7-13(5,9-8-10-15-6)11-14-12(2,3)4/h7,14H,1,8-11H2,2-6H3. The van der Waals surface area contributed by atoms with Crippen molar-refractivity contribution in [2.75, 3.05) is 20.3 Å². The Morgan fingerprint density at radius 1 is 1.27 bits per heavy atom. The number of hydrogen-bond donors (Lipinski definition) is 1. The quantitative estimate of drug-likeness (QED) is 0.518. The van der Waals surface area contributed by atoms with Gasteiger partial charge in [0, 0.05) is 25.8 Å². The fourth-order valence-corrected chi connectivity index (χ4v) is 1.35. The summed E-state index contributed by atoms with van der Waals surface area (Å²) in [7, 11) is 1.75. The molecular formula is C13H27NO. The Morgan fingerprint density at radius 3 is 2.27 bits per heavy atom. The van der Waals surface area contributed by atoms with E-state index in [4.69, 9.17) is 4.74 Å². The second-order valence-corrected chi connectivity index (χ2v) is 5.56. The predicted octanol–water partition coefficient (Wildman–Crippen LogP) is 2.99. The van der Waals surface area contributed by atoms with Gasteiger partial charge < -0.3 is 10.1 Å². The van der Waals surface area contributed by atoms with E-state index < -0.39 is 0 Å². The van der Waals surface area contributed by atoms with Crippen molar-refractivity contribution in [2.24, 2.45) is 5.41 Å². The van der Waals surface area contributed by atoms with Crippen LogP contribution in [0.2, 0.25) is 0 Å². The summed E-state index contributed by atoms with van der Waals surface area (Å²) in [5.41, 5.74) is 0.345. The highest BCUT2D eigenvalue weighted by Gasteiger charge is 2.22. The molecule has 0 aromatic heterocycles. The summed E-state index contributed by atoms with van der Waals surface area (Å²) in [5, 5.41) is 3.53. The van der Waals surface area contributed by atoms with Gasteiger partial charge in [-0.1, -0.05) is 13.0 Å². The molecule has 2 heteroatoms. The van der Waals surface area contributed by atoms with Crippen molar-refractivity contribution < 1.29 is 4.74 Å². The van der Waals surface area contributed by atoms with Crippen LogP contribution >= 0.6 is 0 Å². The summed E-state index contributed by atoms with van der Waals surface area (Å²) in [6, 6.07) is 0. The van der Waals surface area contributed by atoms with E-state index in [0.717, 1.165) is 26.0 Å². The molecule has 0 heterocycles. The van der Waals surface area contributed by atoms with Gasteiger partial charge in [-0.25, -0.2) is 0 Å². The molecule has 90 valence electrons. The van der Waals surface area contributed by atoms with Crippen molar-refractivity contribution in [2.45, 2.75) is 46.1 Å². The van der Waals surface area contributed by atoms with Crippen LogP contribution in [-0.4, -0.2) is 25.8 Å². The average Bonchev–Trinajstić information content (AvgIpc) is 2.14. The Hall–Kier alpha value is -0.340. The number of methoxy groups -OCH3 is 1. The molecule has 0 bridgehead atoms. The van der Waals surface area contributed by atoms with E-state index in [1.54, 1.807) is 7.11 Å². The van der Waals surface area contributed by atoms with Gasteiger partial charge in [-0.05, 0) is 39.0 Å². The second kappa shape index (κ2) is 6.29. The first-order valence-electron chi connectivity index (χ1n) is 5.70. The van der Waals surface area contributed by atoms with E-state index in [1.165, 1.54) is 0 Å². The summed E-state index contributed by atoms with van der Waals surface area (Å²) in [5.74, 6) is 0. The molecule has 0 aliphatic rings. The molecule has 0 spiro atoms. The average molecular weight is 213 g/mol. The third-order valence-corrected chi connectivity index (χ3v) is 2.61. The first-order valence-corrected chi connectivity index (χ1v) is 5.70. The maximum absolute atomic E-state index is 5.07. The van der Waals surface area contributed by atoms with Crippen molar-refractivity contribution in [3.8, 4) is 0 Å².